The van der Waals surface area contributed by atoms with E-state index in [0.717, 1.165) is 39.3 Å². The van der Waals surface area contributed by atoms with Crippen molar-refractivity contribution in [1.82, 2.24) is 9.97 Å². The van der Waals surface area contributed by atoms with Gasteiger partial charge in [-0.1, -0.05) is 60.7 Å². The summed E-state index contributed by atoms with van der Waals surface area (Å²) < 4.78 is 5.35. The molecule has 0 spiro atoms. The molecular weight excluding hydrogens is 296 g/mol. The Hall–Kier alpha value is -3.20. The van der Waals surface area contributed by atoms with Gasteiger partial charge in [0.2, 0.25) is 0 Å². The van der Waals surface area contributed by atoms with Crippen LogP contribution in [-0.2, 0) is 0 Å². The number of rotatable bonds is 3. The van der Waals surface area contributed by atoms with Gasteiger partial charge in [0.05, 0.1) is 18.3 Å². The fourth-order valence-corrected chi connectivity index (χ4v) is 2.77. The van der Waals surface area contributed by atoms with E-state index in [9.17, 15) is 0 Å². The summed E-state index contributed by atoms with van der Waals surface area (Å²) in [5, 5.41) is 1.02. The van der Waals surface area contributed by atoms with Gasteiger partial charge in [0.15, 0.2) is 5.82 Å². The highest BCUT2D eigenvalue weighted by atomic mass is 16.5. The number of aromatic nitrogens is 2. The summed E-state index contributed by atoms with van der Waals surface area (Å²) in [6.07, 6.45) is 0. The van der Waals surface area contributed by atoms with Gasteiger partial charge in [-0.15, -0.1) is 0 Å². The minimum atomic E-state index is 0.718. The molecule has 0 atom stereocenters. The normalized spacial score (nSPS) is 10.7. The zero-order valence-corrected chi connectivity index (χ0v) is 13.3. The minimum absolute atomic E-state index is 0.718. The molecule has 24 heavy (non-hydrogen) atoms. The molecule has 0 N–H and O–H groups in total. The van der Waals surface area contributed by atoms with Crippen molar-refractivity contribution in [3.05, 3.63) is 78.9 Å². The monoisotopic (exact) mass is 312 g/mol. The van der Waals surface area contributed by atoms with Gasteiger partial charge in [-0.3, -0.25) is 0 Å². The average Bonchev–Trinajstić information content (AvgIpc) is 2.68. The van der Waals surface area contributed by atoms with Crippen LogP contribution in [0.25, 0.3) is 33.5 Å². The summed E-state index contributed by atoms with van der Waals surface area (Å²) in [7, 11) is 1.67. The van der Waals surface area contributed by atoms with Crippen LogP contribution in [0.1, 0.15) is 0 Å². The Morgan fingerprint density at radius 3 is 2.04 bits per heavy atom. The molecule has 0 saturated heterocycles. The van der Waals surface area contributed by atoms with Crippen LogP contribution in [0.2, 0.25) is 0 Å². The molecule has 3 nitrogen and oxygen atoms in total. The lowest BCUT2D eigenvalue weighted by atomic mass is 10.1. The fraction of sp³-hybridized carbons (Fsp3) is 0.0476. The number of methoxy groups -OCH3 is 1. The summed E-state index contributed by atoms with van der Waals surface area (Å²) >= 11 is 0. The maximum atomic E-state index is 5.35. The molecule has 0 aliphatic heterocycles. The largest absolute Gasteiger partial charge is 0.497 e. The predicted octanol–water partition coefficient (Wildman–Crippen LogP) is 4.97. The molecule has 4 rings (SSSR count). The topological polar surface area (TPSA) is 35.0 Å². The summed E-state index contributed by atoms with van der Waals surface area (Å²) in [5.41, 5.74) is 3.89. The molecule has 3 aromatic carbocycles. The van der Waals surface area contributed by atoms with E-state index in [1.54, 1.807) is 7.11 Å². The summed E-state index contributed by atoms with van der Waals surface area (Å²) in [4.78, 5) is 9.59. The molecule has 116 valence electrons. The van der Waals surface area contributed by atoms with Crippen molar-refractivity contribution in [2.45, 2.75) is 0 Å². The lowest BCUT2D eigenvalue weighted by Gasteiger charge is -2.10. The second kappa shape index (κ2) is 6.13. The molecule has 0 unspecified atom stereocenters. The Kier molecular flexibility index (Phi) is 3.67. The van der Waals surface area contributed by atoms with E-state index < -0.39 is 0 Å². The SMILES string of the molecule is COc1ccc2c(-c3ccccc3)nc(-c3ccccc3)nc2c1. The van der Waals surface area contributed by atoms with Gasteiger partial charge in [-0.2, -0.15) is 0 Å². The van der Waals surface area contributed by atoms with Crippen molar-refractivity contribution in [2.75, 3.05) is 7.11 Å². The molecule has 4 aromatic rings. The van der Waals surface area contributed by atoms with E-state index in [-0.39, 0.29) is 0 Å². The molecule has 0 aliphatic carbocycles. The average molecular weight is 312 g/mol. The van der Waals surface area contributed by atoms with Gasteiger partial charge >= 0.3 is 0 Å². The fourth-order valence-electron chi connectivity index (χ4n) is 2.77. The third-order valence-corrected chi connectivity index (χ3v) is 3.98. The van der Waals surface area contributed by atoms with Crippen molar-refractivity contribution in [1.29, 1.82) is 0 Å². The molecular formula is C21H16N2O. The van der Waals surface area contributed by atoms with E-state index in [0.29, 0.717) is 0 Å². The molecule has 0 amide bonds. The Morgan fingerprint density at radius 1 is 0.708 bits per heavy atom. The molecule has 3 heteroatoms. The number of hydrogen-bond donors (Lipinski definition) is 0. The van der Waals surface area contributed by atoms with Crippen LogP contribution < -0.4 is 4.74 Å². The van der Waals surface area contributed by atoms with Crippen molar-refractivity contribution in [2.24, 2.45) is 0 Å². The van der Waals surface area contributed by atoms with Crippen molar-refractivity contribution in [3.63, 3.8) is 0 Å². The lowest BCUT2D eigenvalue weighted by Crippen LogP contribution is -1.95. The number of benzene rings is 3. The maximum Gasteiger partial charge on any atom is 0.160 e. The van der Waals surface area contributed by atoms with E-state index in [4.69, 9.17) is 14.7 Å². The third kappa shape index (κ3) is 2.61. The first-order chi connectivity index (χ1) is 11.8. The highest BCUT2D eigenvalue weighted by Gasteiger charge is 2.11. The second-order valence-corrected chi connectivity index (χ2v) is 5.51. The smallest absolute Gasteiger partial charge is 0.160 e. The van der Waals surface area contributed by atoms with E-state index in [1.165, 1.54) is 0 Å². The predicted molar refractivity (Wildman–Crippen MR) is 97.0 cm³/mol. The van der Waals surface area contributed by atoms with E-state index >= 15 is 0 Å². The minimum Gasteiger partial charge on any atom is -0.497 e. The second-order valence-electron chi connectivity index (χ2n) is 5.51. The Balaban J connectivity index is 2.02. The van der Waals surface area contributed by atoms with Crippen LogP contribution >= 0.6 is 0 Å². The molecule has 1 aromatic heterocycles. The van der Waals surface area contributed by atoms with Gasteiger partial charge in [0, 0.05) is 22.6 Å². The zero-order chi connectivity index (χ0) is 16.4. The van der Waals surface area contributed by atoms with Crippen molar-refractivity contribution >= 4 is 10.9 Å². The summed E-state index contributed by atoms with van der Waals surface area (Å²) in [5.74, 6) is 1.51. The van der Waals surface area contributed by atoms with Crippen LogP contribution in [-0.4, -0.2) is 17.1 Å². The molecule has 0 bridgehead atoms. The van der Waals surface area contributed by atoms with Crippen LogP contribution in [0, 0.1) is 0 Å². The highest BCUT2D eigenvalue weighted by Crippen LogP contribution is 2.30. The quantitative estimate of drug-likeness (QED) is 0.535. The number of nitrogens with zero attached hydrogens (tertiary/aromatic N) is 2. The lowest BCUT2D eigenvalue weighted by molar-refractivity contribution is 0.415. The van der Waals surface area contributed by atoms with Gasteiger partial charge in [-0.05, 0) is 12.1 Å². The Morgan fingerprint density at radius 2 is 1.38 bits per heavy atom. The first-order valence-electron chi connectivity index (χ1n) is 7.82. The van der Waals surface area contributed by atoms with Gasteiger partial charge in [0.1, 0.15) is 5.75 Å². The van der Waals surface area contributed by atoms with Crippen LogP contribution in [0.15, 0.2) is 78.9 Å². The molecule has 0 saturated carbocycles. The van der Waals surface area contributed by atoms with E-state index in [2.05, 4.69) is 12.1 Å². The van der Waals surface area contributed by atoms with Gasteiger partial charge in [0.25, 0.3) is 0 Å². The van der Waals surface area contributed by atoms with Crippen LogP contribution in [0.5, 0.6) is 5.75 Å². The number of fused-ring (bicyclic) bond motifs is 1. The summed E-state index contributed by atoms with van der Waals surface area (Å²) in [6.45, 7) is 0. The highest BCUT2D eigenvalue weighted by molar-refractivity contribution is 5.94. The first-order valence-corrected chi connectivity index (χ1v) is 7.82. The van der Waals surface area contributed by atoms with Crippen molar-refractivity contribution < 1.29 is 4.74 Å². The molecule has 0 radical (unpaired) electrons. The molecule has 0 fully saturated rings. The van der Waals surface area contributed by atoms with Crippen LogP contribution in [0.4, 0.5) is 0 Å². The summed E-state index contributed by atoms with van der Waals surface area (Å²) in [6, 6.07) is 26.1. The maximum absolute atomic E-state index is 5.35. The van der Waals surface area contributed by atoms with Gasteiger partial charge in [-0.25, -0.2) is 9.97 Å². The Bertz CT molecular complexity index is 983. The standard InChI is InChI=1S/C21H16N2O/c1-24-17-12-13-18-19(14-17)22-21(16-10-6-3-7-11-16)23-20(18)15-8-4-2-5-9-15/h2-14H,1H3. The number of hydrogen-bond acceptors (Lipinski definition) is 3. The van der Waals surface area contributed by atoms with E-state index in [1.807, 2.05) is 66.7 Å². The third-order valence-electron chi connectivity index (χ3n) is 3.98. The Labute approximate surface area is 140 Å². The first kappa shape index (κ1) is 14.4. The van der Waals surface area contributed by atoms with Gasteiger partial charge < -0.3 is 4.74 Å². The number of ether oxygens (including phenoxy) is 1. The van der Waals surface area contributed by atoms with Crippen molar-refractivity contribution in [3.8, 4) is 28.4 Å². The zero-order valence-electron chi connectivity index (χ0n) is 13.3. The molecule has 1 heterocycles. The molecule has 0 aliphatic rings. The van der Waals surface area contributed by atoms with Crippen LogP contribution in [0.3, 0.4) is 0 Å².